The molecule has 2 aromatic rings. The van der Waals surface area contributed by atoms with Gasteiger partial charge < -0.3 is 19.9 Å². The van der Waals surface area contributed by atoms with E-state index in [2.05, 4.69) is 5.32 Å². The lowest BCUT2D eigenvalue weighted by Crippen LogP contribution is -2.51. The van der Waals surface area contributed by atoms with E-state index in [4.69, 9.17) is 4.74 Å². The van der Waals surface area contributed by atoms with Crippen LogP contribution in [0.25, 0.3) is 0 Å². The molecule has 0 aliphatic carbocycles. The summed E-state index contributed by atoms with van der Waals surface area (Å²) in [6, 6.07) is 14.2. The van der Waals surface area contributed by atoms with Crippen LogP contribution in [0.4, 0.5) is 14.9 Å². The molecule has 1 fully saturated rings. The molecule has 1 heterocycles. The molecule has 3 rings (SSSR count). The Kier molecular flexibility index (Phi) is 5.38. The number of para-hydroxylation sites is 2. The highest BCUT2D eigenvalue weighted by Crippen LogP contribution is 2.20. The maximum atomic E-state index is 13.9. The van der Waals surface area contributed by atoms with Gasteiger partial charge in [0.2, 0.25) is 0 Å². The molecule has 0 unspecified atom stereocenters. The third-order valence-electron chi connectivity index (χ3n) is 4.38. The Balaban J connectivity index is 1.53. The number of ether oxygens (including phenoxy) is 1. The van der Waals surface area contributed by atoms with Crippen LogP contribution >= 0.6 is 0 Å². The van der Waals surface area contributed by atoms with Gasteiger partial charge in [0.15, 0.2) is 0 Å². The predicted molar refractivity (Wildman–Crippen MR) is 95.4 cm³/mol. The number of amides is 2. The van der Waals surface area contributed by atoms with Crippen molar-refractivity contribution in [2.24, 2.45) is 0 Å². The van der Waals surface area contributed by atoms with Gasteiger partial charge in [0.05, 0.1) is 12.8 Å². The van der Waals surface area contributed by atoms with E-state index in [-0.39, 0.29) is 11.8 Å². The molecule has 2 amide bonds. The summed E-state index contributed by atoms with van der Waals surface area (Å²) in [5, 5.41) is 2.92. The van der Waals surface area contributed by atoms with Crippen molar-refractivity contribution in [2.75, 3.05) is 38.2 Å². The van der Waals surface area contributed by atoms with Crippen molar-refractivity contribution in [1.29, 1.82) is 0 Å². The van der Waals surface area contributed by atoms with Gasteiger partial charge in [-0.1, -0.05) is 30.3 Å². The molecular formula is C19H22FN3O2. The van der Waals surface area contributed by atoms with Crippen molar-refractivity contribution in [3.05, 3.63) is 59.9 Å². The van der Waals surface area contributed by atoms with Crippen LogP contribution < -0.4 is 15.0 Å². The van der Waals surface area contributed by atoms with Gasteiger partial charge in [-0.15, -0.1) is 0 Å². The number of piperazine rings is 1. The number of nitrogens with one attached hydrogen (secondary N) is 1. The lowest BCUT2D eigenvalue weighted by atomic mass is 10.2. The highest BCUT2D eigenvalue weighted by Gasteiger charge is 2.22. The normalized spacial score (nSPS) is 14.3. The molecule has 1 N–H and O–H groups in total. The Morgan fingerprint density at radius 2 is 1.76 bits per heavy atom. The largest absolute Gasteiger partial charge is 0.496 e. The Morgan fingerprint density at radius 3 is 2.48 bits per heavy atom. The molecule has 0 atom stereocenters. The summed E-state index contributed by atoms with van der Waals surface area (Å²) in [6.07, 6.45) is 0. The minimum absolute atomic E-state index is 0.112. The van der Waals surface area contributed by atoms with Crippen LogP contribution in [0.15, 0.2) is 48.5 Å². The average Bonchev–Trinajstić information content (AvgIpc) is 2.67. The van der Waals surface area contributed by atoms with E-state index in [9.17, 15) is 9.18 Å². The smallest absolute Gasteiger partial charge is 0.317 e. The number of rotatable bonds is 4. The van der Waals surface area contributed by atoms with Crippen molar-refractivity contribution in [3.63, 3.8) is 0 Å². The van der Waals surface area contributed by atoms with E-state index >= 15 is 0 Å². The summed E-state index contributed by atoms with van der Waals surface area (Å²) >= 11 is 0. The molecule has 132 valence electrons. The van der Waals surface area contributed by atoms with Crippen molar-refractivity contribution >= 4 is 11.7 Å². The Bertz CT molecular complexity index is 730. The molecule has 0 aromatic heterocycles. The molecule has 0 spiro atoms. The Hall–Kier alpha value is -2.76. The Labute approximate surface area is 147 Å². The lowest BCUT2D eigenvalue weighted by molar-refractivity contribution is 0.193. The summed E-state index contributed by atoms with van der Waals surface area (Å²) in [5.74, 6) is 0.531. The summed E-state index contributed by atoms with van der Waals surface area (Å²) in [4.78, 5) is 16.1. The topological polar surface area (TPSA) is 44.8 Å². The van der Waals surface area contributed by atoms with Crippen molar-refractivity contribution in [3.8, 4) is 5.75 Å². The van der Waals surface area contributed by atoms with E-state index < -0.39 is 0 Å². The van der Waals surface area contributed by atoms with E-state index in [0.29, 0.717) is 38.4 Å². The van der Waals surface area contributed by atoms with Crippen molar-refractivity contribution in [1.82, 2.24) is 10.2 Å². The van der Waals surface area contributed by atoms with Crippen molar-refractivity contribution < 1.29 is 13.9 Å². The molecule has 25 heavy (non-hydrogen) atoms. The van der Waals surface area contributed by atoms with Gasteiger partial charge in [-0.2, -0.15) is 0 Å². The number of hydrogen-bond donors (Lipinski definition) is 1. The molecule has 6 heteroatoms. The number of anilines is 1. The van der Waals surface area contributed by atoms with E-state index in [1.807, 2.05) is 35.2 Å². The number of carbonyl (C=O) groups is 1. The van der Waals surface area contributed by atoms with Gasteiger partial charge in [0.1, 0.15) is 11.6 Å². The lowest BCUT2D eigenvalue weighted by Gasteiger charge is -2.36. The van der Waals surface area contributed by atoms with Crippen LogP contribution in [0.5, 0.6) is 5.75 Å². The third kappa shape index (κ3) is 4.02. The zero-order valence-corrected chi connectivity index (χ0v) is 14.2. The summed E-state index contributed by atoms with van der Waals surface area (Å²) < 4.78 is 19.2. The number of methoxy groups -OCH3 is 1. The minimum atomic E-state index is -0.225. The fraction of sp³-hybridized carbons (Fsp3) is 0.316. The molecule has 1 aliphatic rings. The summed E-state index contributed by atoms with van der Waals surface area (Å²) in [7, 11) is 1.61. The number of halogens is 1. The number of nitrogens with zero attached hydrogens (tertiary/aromatic N) is 2. The van der Waals surface area contributed by atoms with Crippen LogP contribution in [-0.2, 0) is 6.54 Å². The van der Waals surface area contributed by atoms with Crippen LogP contribution in [0, 0.1) is 5.82 Å². The maximum Gasteiger partial charge on any atom is 0.317 e. The quantitative estimate of drug-likeness (QED) is 0.928. The number of urea groups is 1. The predicted octanol–water partition coefficient (Wildman–Crippen LogP) is 2.87. The second-order valence-electron chi connectivity index (χ2n) is 5.90. The number of hydrogen-bond acceptors (Lipinski definition) is 3. The molecule has 2 aromatic carbocycles. The zero-order chi connectivity index (χ0) is 17.6. The third-order valence-corrected chi connectivity index (χ3v) is 4.38. The van der Waals surface area contributed by atoms with Crippen LogP contribution in [0.2, 0.25) is 0 Å². The second-order valence-corrected chi connectivity index (χ2v) is 5.90. The fourth-order valence-electron chi connectivity index (χ4n) is 2.99. The van der Waals surface area contributed by atoms with Crippen molar-refractivity contribution in [2.45, 2.75) is 6.54 Å². The van der Waals surface area contributed by atoms with Gasteiger partial charge in [0.25, 0.3) is 0 Å². The van der Waals surface area contributed by atoms with Gasteiger partial charge >= 0.3 is 6.03 Å². The van der Waals surface area contributed by atoms with E-state index in [1.54, 1.807) is 24.1 Å². The minimum Gasteiger partial charge on any atom is -0.496 e. The van der Waals surface area contributed by atoms with Gasteiger partial charge in [0, 0.05) is 38.3 Å². The first-order valence-electron chi connectivity index (χ1n) is 8.33. The molecule has 1 saturated heterocycles. The first-order chi connectivity index (χ1) is 12.2. The average molecular weight is 343 g/mol. The van der Waals surface area contributed by atoms with Gasteiger partial charge in [-0.25, -0.2) is 9.18 Å². The highest BCUT2D eigenvalue weighted by atomic mass is 19.1. The number of benzene rings is 2. The standard InChI is InChI=1S/C19H22FN3O2/c1-25-18-9-5-2-6-15(18)14-21-19(24)23-12-10-22(11-13-23)17-8-4-3-7-16(17)20/h2-9H,10-14H2,1H3,(H,21,24). The second kappa shape index (κ2) is 7.88. The Morgan fingerprint density at radius 1 is 1.08 bits per heavy atom. The SMILES string of the molecule is COc1ccccc1CNC(=O)N1CCN(c2ccccc2F)CC1. The first kappa shape index (κ1) is 17.1. The molecule has 1 aliphatic heterocycles. The monoisotopic (exact) mass is 343 g/mol. The van der Waals surface area contributed by atoms with E-state index in [0.717, 1.165) is 11.3 Å². The summed E-state index contributed by atoms with van der Waals surface area (Å²) in [6.45, 7) is 2.76. The van der Waals surface area contributed by atoms with Crippen LogP contribution in [-0.4, -0.2) is 44.2 Å². The molecule has 5 nitrogen and oxygen atoms in total. The van der Waals surface area contributed by atoms with Gasteiger partial charge in [-0.05, 0) is 18.2 Å². The zero-order valence-electron chi connectivity index (χ0n) is 14.2. The number of carbonyl (C=O) groups excluding carboxylic acids is 1. The van der Waals surface area contributed by atoms with Crippen LogP contribution in [0.1, 0.15) is 5.56 Å². The molecule has 0 saturated carbocycles. The maximum absolute atomic E-state index is 13.9. The molecule has 0 bridgehead atoms. The fourth-order valence-corrected chi connectivity index (χ4v) is 2.99. The first-order valence-corrected chi connectivity index (χ1v) is 8.33. The van der Waals surface area contributed by atoms with Gasteiger partial charge in [-0.3, -0.25) is 0 Å². The van der Waals surface area contributed by atoms with Crippen LogP contribution in [0.3, 0.4) is 0 Å². The van der Waals surface area contributed by atoms with E-state index in [1.165, 1.54) is 6.07 Å². The molecule has 0 radical (unpaired) electrons. The molecular weight excluding hydrogens is 321 g/mol. The summed E-state index contributed by atoms with van der Waals surface area (Å²) in [5.41, 5.74) is 1.53. The highest BCUT2D eigenvalue weighted by molar-refractivity contribution is 5.74.